The summed E-state index contributed by atoms with van der Waals surface area (Å²) >= 11 is 0. The lowest BCUT2D eigenvalue weighted by Crippen LogP contribution is -2.26. The van der Waals surface area contributed by atoms with Gasteiger partial charge in [0.1, 0.15) is 5.82 Å². The summed E-state index contributed by atoms with van der Waals surface area (Å²) in [6, 6.07) is 8.82. The van der Waals surface area contributed by atoms with E-state index in [1.807, 2.05) is 25.1 Å². The molecule has 2 aromatic rings. The Morgan fingerprint density at radius 1 is 1.00 bits per heavy atom. The summed E-state index contributed by atoms with van der Waals surface area (Å²) < 4.78 is 10.5. The Morgan fingerprint density at radius 2 is 1.70 bits per heavy atom. The van der Waals surface area contributed by atoms with Crippen molar-refractivity contribution in [3.63, 3.8) is 0 Å². The number of hydrogen-bond donors (Lipinski definition) is 0. The van der Waals surface area contributed by atoms with Gasteiger partial charge in [0.25, 0.3) is 5.91 Å². The molecule has 0 unspecified atom stereocenters. The average molecular weight is 315 g/mol. The number of benzene rings is 1. The summed E-state index contributed by atoms with van der Waals surface area (Å²) in [7, 11) is 8.63. The van der Waals surface area contributed by atoms with E-state index in [4.69, 9.17) is 9.47 Å². The highest BCUT2D eigenvalue weighted by Gasteiger charge is 2.16. The van der Waals surface area contributed by atoms with Crippen molar-refractivity contribution in [3.8, 4) is 11.5 Å². The van der Waals surface area contributed by atoms with Gasteiger partial charge in [-0.2, -0.15) is 0 Å². The minimum Gasteiger partial charge on any atom is -0.493 e. The van der Waals surface area contributed by atoms with Crippen molar-refractivity contribution in [1.82, 2.24) is 4.98 Å². The SMILES string of the molecule is COc1ccc(N(C)C(=O)c2ccnc(N(C)C)c2)cc1OC. The molecule has 0 bridgehead atoms. The molecular weight excluding hydrogens is 294 g/mol. The van der Waals surface area contributed by atoms with E-state index in [2.05, 4.69) is 4.98 Å². The molecule has 1 amide bonds. The third-order valence-corrected chi connectivity index (χ3v) is 3.51. The van der Waals surface area contributed by atoms with Crippen LogP contribution < -0.4 is 19.3 Å². The van der Waals surface area contributed by atoms with Crippen molar-refractivity contribution < 1.29 is 14.3 Å². The van der Waals surface area contributed by atoms with E-state index in [0.717, 1.165) is 11.5 Å². The molecule has 0 N–H and O–H groups in total. The van der Waals surface area contributed by atoms with Crippen molar-refractivity contribution in [2.75, 3.05) is 45.2 Å². The number of hydrogen-bond acceptors (Lipinski definition) is 5. The fourth-order valence-electron chi connectivity index (χ4n) is 2.14. The lowest BCUT2D eigenvalue weighted by atomic mass is 10.2. The molecule has 6 nitrogen and oxygen atoms in total. The first-order chi connectivity index (χ1) is 11.0. The van der Waals surface area contributed by atoms with E-state index in [1.165, 1.54) is 0 Å². The van der Waals surface area contributed by atoms with Crippen LogP contribution in [0.25, 0.3) is 0 Å². The van der Waals surface area contributed by atoms with Gasteiger partial charge >= 0.3 is 0 Å². The van der Waals surface area contributed by atoms with Crippen LogP contribution in [0.15, 0.2) is 36.5 Å². The van der Waals surface area contributed by atoms with E-state index in [1.54, 1.807) is 56.6 Å². The molecule has 0 atom stereocenters. The molecule has 1 heterocycles. The van der Waals surface area contributed by atoms with Gasteiger partial charge in [-0.05, 0) is 24.3 Å². The summed E-state index contributed by atoms with van der Waals surface area (Å²) in [4.78, 5) is 20.3. The van der Waals surface area contributed by atoms with Crippen LogP contribution in [0, 0.1) is 0 Å². The van der Waals surface area contributed by atoms with Crippen LogP contribution >= 0.6 is 0 Å². The van der Waals surface area contributed by atoms with Gasteiger partial charge in [0.05, 0.1) is 14.2 Å². The van der Waals surface area contributed by atoms with Crippen molar-refractivity contribution in [3.05, 3.63) is 42.1 Å². The normalized spacial score (nSPS) is 10.1. The molecule has 0 radical (unpaired) electrons. The Labute approximate surface area is 136 Å². The van der Waals surface area contributed by atoms with Crippen molar-refractivity contribution >= 4 is 17.4 Å². The Bertz CT molecular complexity index is 701. The number of aromatic nitrogens is 1. The number of carbonyl (C=O) groups is 1. The van der Waals surface area contributed by atoms with Crippen LogP contribution in [0.2, 0.25) is 0 Å². The van der Waals surface area contributed by atoms with Crippen LogP contribution in [0.5, 0.6) is 11.5 Å². The van der Waals surface area contributed by atoms with E-state index >= 15 is 0 Å². The molecule has 0 saturated carbocycles. The van der Waals surface area contributed by atoms with Gasteiger partial charge in [-0.15, -0.1) is 0 Å². The Hall–Kier alpha value is -2.76. The Balaban J connectivity index is 2.31. The Morgan fingerprint density at radius 3 is 2.30 bits per heavy atom. The number of rotatable bonds is 5. The van der Waals surface area contributed by atoms with E-state index < -0.39 is 0 Å². The maximum atomic E-state index is 12.7. The highest BCUT2D eigenvalue weighted by atomic mass is 16.5. The molecule has 1 aromatic heterocycles. The van der Waals surface area contributed by atoms with Gasteiger partial charge in [-0.3, -0.25) is 4.79 Å². The molecule has 0 saturated heterocycles. The number of anilines is 2. The number of methoxy groups -OCH3 is 2. The second kappa shape index (κ2) is 7.00. The summed E-state index contributed by atoms with van der Waals surface area (Å²) in [6.45, 7) is 0. The molecule has 0 aliphatic heterocycles. The smallest absolute Gasteiger partial charge is 0.258 e. The van der Waals surface area contributed by atoms with Gasteiger partial charge < -0.3 is 19.3 Å². The predicted molar refractivity (Wildman–Crippen MR) is 90.8 cm³/mol. The number of ether oxygens (including phenoxy) is 2. The Kier molecular flexibility index (Phi) is 5.05. The molecule has 0 fully saturated rings. The molecule has 6 heteroatoms. The lowest BCUT2D eigenvalue weighted by Gasteiger charge is -2.20. The maximum Gasteiger partial charge on any atom is 0.258 e. The van der Waals surface area contributed by atoms with Crippen LogP contribution in [0.3, 0.4) is 0 Å². The number of amides is 1. The van der Waals surface area contributed by atoms with Gasteiger partial charge in [-0.25, -0.2) is 4.98 Å². The second-order valence-corrected chi connectivity index (χ2v) is 5.20. The van der Waals surface area contributed by atoms with Gasteiger partial charge in [0.2, 0.25) is 0 Å². The summed E-state index contributed by atoms with van der Waals surface area (Å²) in [5, 5.41) is 0. The minimum atomic E-state index is -0.122. The van der Waals surface area contributed by atoms with E-state index in [9.17, 15) is 4.79 Å². The van der Waals surface area contributed by atoms with E-state index in [0.29, 0.717) is 17.1 Å². The third-order valence-electron chi connectivity index (χ3n) is 3.51. The van der Waals surface area contributed by atoms with Crippen LogP contribution in [0.1, 0.15) is 10.4 Å². The fourth-order valence-corrected chi connectivity index (χ4v) is 2.14. The standard InChI is InChI=1S/C17H21N3O3/c1-19(2)16-10-12(8-9-18-16)17(21)20(3)13-6-7-14(22-4)15(11-13)23-5/h6-11H,1-5H3. The van der Waals surface area contributed by atoms with Gasteiger partial charge in [-0.1, -0.05) is 0 Å². The number of carbonyl (C=O) groups excluding carboxylic acids is 1. The topological polar surface area (TPSA) is 54.9 Å². The molecule has 122 valence electrons. The highest BCUT2D eigenvalue weighted by Crippen LogP contribution is 2.31. The number of pyridine rings is 1. The van der Waals surface area contributed by atoms with Crippen LogP contribution in [0.4, 0.5) is 11.5 Å². The third kappa shape index (κ3) is 3.53. The highest BCUT2D eigenvalue weighted by molar-refractivity contribution is 6.06. The van der Waals surface area contributed by atoms with Crippen LogP contribution in [-0.4, -0.2) is 46.3 Å². The first kappa shape index (κ1) is 16.6. The molecule has 0 spiro atoms. The zero-order valence-electron chi connectivity index (χ0n) is 14.0. The molecule has 0 aliphatic rings. The minimum absolute atomic E-state index is 0.122. The predicted octanol–water partition coefficient (Wildman–Crippen LogP) is 2.44. The molecular formula is C17H21N3O3. The lowest BCUT2D eigenvalue weighted by molar-refractivity contribution is 0.0993. The quantitative estimate of drug-likeness (QED) is 0.848. The van der Waals surface area contributed by atoms with Crippen LogP contribution in [-0.2, 0) is 0 Å². The van der Waals surface area contributed by atoms with E-state index in [-0.39, 0.29) is 5.91 Å². The number of nitrogens with zero attached hydrogens (tertiary/aromatic N) is 3. The van der Waals surface area contributed by atoms with Crippen molar-refractivity contribution in [2.45, 2.75) is 0 Å². The maximum absolute atomic E-state index is 12.7. The van der Waals surface area contributed by atoms with Gasteiger partial charge in [0.15, 0.2) is 11.5 Å². The molecule has 1 aromatic carbocycles. The first-order valence-corrected chi connectivity index (χ1v) is 7.11. The summed E-state index contributed by atoms with van der Waals surface area (Å²) in [5.74, 6) is 1.81. The monoisotopic (exact) mass is 315 g/mol. The zero-order chi connectivity index (χ0) is 17.0. The largest absolute Gasteiger partial charge is 0.493 e. The zero-order valence-corrected chi connectivity index (χ0v) is 14.0. The summed E-state index contributed by atoms with van der Waals surface area (Å²) in [5.41, 5.74) is 1.29. The fraction of sp³-hybridized carbons (Fsp3) is 0.294. The first-order valence-electron chi connectivity index (χ1n) is 7.11. The van der Waals surface area contributed by atoms with Gasteiger partial charge in [0, 0.05) is 44.7 Å². The second-order valence-electron chi connectivity index (χ2n) is 5.20. The molecule has 0 aliphatic carbocycles. The summed E-state index contributed by atoms with van der Waals surface area (Å²) in [6.07, 6.45) is 1.63. The average Bonchev–Trinajstić information content (AvgIpc) is 2.59. The van der Waals surface area contributed by atoms with Crippen molar-refractivity contribution in [1.29, 1.82) is 0 Å². The molecule has 2 rings (SSSR count). The molecule has 23 heavy (non-hydrogen) atoms. The van der Waals surface area contributed by atoms with Crippen molar-refractivity contribution in [2.24, 2.45) is 0 Å².